The SMILES string of the molecule is CC(Nc1nc2ccc(N)cc2o1)c1ncn[nH]1. The van der Waals surface area contributed by atoms with Crippen LogP contribution in [0.3, 0.4) is 0 Å². The van der Waals surface area contributed by atoms with Crippen molar-refractivity contribution in [1.82, 2.24) is 20.2 Å². The molecular formula is C11H12N6O. The number of nitrogens with one attached hydrogen (secondary N) is 2. The normalized spacial score (nSPS) is 12.7. The van der Waals surface area contributed by atoms with Crippen molar-refractivity contribution in [1.29, 1.82) is 0 Å². The molecule has 7 nitrogen and oxygen atoms in total. The molecule has 0 radical (unpaired) electrons. The van der Waals surface area contributed by atoms with Gasteiger partial charge in [0.15, 0.2) is 5.58 Å². The van der Waals surface area contributed by atoms with Gasteiger partial charge in [-0.25, -0.2) is 4.98 Å². The molecule has 0 amide bonds. The fourth-order valence-electron chi connectivity index (χ4n) is 1.68. The highest BCUT2D eigenvalue weighted by molar-refractivity contribution is 5.78. The van der Waals surface area contributed by atoms with Crippen LogP contribution in [0.4, 0.5) is 11.7 Å². The zero-order valence-electron chi connectivity index (χ0n) is 9.71. The summed E-state index contributed by atoms with van der Waals surface area (Å²) in [4.78, 5) is 8.37. The molecule has 0 aliphatic carbocycles. The molecule has 7 heteroatoms. The van der Waals surface area contributed by atoms with Gasteiger partial charge >= 0.3 is 0 Å². The summed E-state index contributed by atoms with van der Waals surface area (Å²) >= 11 is 0. The fourth-order valence-corrected chi connectivity index (χ4v) is 1.68. The topological polar surface area (TPSA) is 106 Å². The van der Waals surface area contributed by atoms with Gasteiger partial charge in [-0.05, 0) is 19.1 Å². The minimum absolute atomic E-state index is 0.0714. The van der Waals surface area contributed by atoms with Gasteiger partial charge in [-0.2, -0.15) is 10.1 Å². The highest BCUT2D eigenvalue weighted by Gasteiger charge is 2.12. The van der Waals surface area contributed by atoms with Crippen LogP contribution < -0.4 is 11.1 Å². The Morgan fingerprint density at radius 1 is 1.44 bits per heavy atom. The quantitative estimate of drug-likeness (QED) is 0.605. The van der Waals surface area contributed by atoms with E-state index >= 15 is 0 Å². The molecule has 2 heterocycles. The van der Waals surface area contributed by atoms with Crippen LogP contribution in [0.1, 0.15) is 18.8 Å². The highest BCUT2D eigenvalue weighted by atomic mass is 16.4. The monoisotopic (exact) mass is 244 g/mol. The van der Waals surface area contributed by atoms with Gasteiger partial charge in [0.2, 0.25) is 0 Å². The summed E-state index contributed by atoms with van der Waals surface area (Å²) in [6.45, 7) is 1.93. The molecule has 1 atom stereocenters. The highest BCUT2D eigenvalue weighted by Crippen LogP contribution is 2.23. The van der Waals surface area contributed by atoms with Crippen LogP contribution in [0.2, 0.25) is 0 Å². The lowest BCUT2D eigenvalue weighted by Crippen LogP contribution is -2.08. The van der Waals surface area contributed by atoms with Gasteiger partial charge in [-0.1, -0.05) is 0 Å². The second kappa shape index (κ2) is 4.02. The maximum Gasteiger partial charge on any atom is 0.296 e. The Hall–Kier alpha value is -2.57. The first kappa shape index (κ1) is 10.6. The van der Waals surface area contributed by atoms with Crippen molar-refractivity contribution < 1.29 is 4.42 Å². The molecule has 1 unspecified atom stereocenters. The Morgan fingerprint density at radius 2 is 2.33 bits per heavy atom. The minimum Gasteiger partial charge on any atom is -0.423 e. The number of oxazole rings is 1. The van der Waals surface area contributed by atoms with Gasteiger partial charge in [0, 0.05) is 11.8 Å². The maximum absolute atomic E-state index is 5.68. The lowest BCUT2D eigenvalue weighted by atomic mass is 10.3. The maximum atomic E-state index is 5.68. The number of nitrogens with zero attached hydrogens (tertiary/aromatic N) is 3. The Morgan fingerprint density at radius 3 is 3.11 bits per heavy atom. The third kappa shape index (κ3) is 1.86. The van der Waals surface area contributed by atoms with Crippen molar-refractivity contribution in [3.63, 3.8) is 0 Å². The fraction of sp³-hybridized carbons (Fsp3) is 0.182. The van der Waals surface area contributed by atoms with Gasteiger partial charge in [0.25, 0.3) is 6.01 Å². The molecule has 4 N–H and O–H groups in total. The lowest BCUT2D eigenvalue weighted by Gasteiger charge is -2.07. The zero-order chi connectivity index (χ0) is 12.5. The van der Waals surface area contributed by atoms with E-state index in [9.17, 15) is 0 Å². The average Bonchev–Trinajstić information content (AvgIpc) is 2.95. The molecule has 2 aromatic heterocycles. The lowest BCUT2D eigenvalue weighted by molar-refractivity contribution is 0.599. The number of H-pyrrole nitrogens is 1. The van der Waals surface area contributed by atoms with Crippen LogP contribution in [0.25, 0.3) is 11.1 Å². The van der Waals surface area contributed by atoms with Gasteiger partial charge in [0.1, 0.15) is 17.7 Å². The van der Waals surface area contributed by atoms with Crippen molar-refractivity contribution in [3.05, 3.63) is 30.4 Å². The van der Waals surface area contributed by atoms with Gasteiger partial charge in [-0.15, -0.1) is 0 Å². The molecule has 0 saturated carbocycles. The summed E-state index contributed by atoms with van der Waals surface area (Å²) in [5, 5.41) is 9.68. The summed E-state index contributed by atoms with van der Waals surface area (Å²) in [6, 6.07) is 5.71. The molecule has 0 saturated heterocycles. The van der Waals surface area contributed by atoms with Crippen LogP contribution in [0, 0.1) is 0 Å². The molecule has 0 bridgehead atoms. The number of benzene rings is 1. The zero-order valence-corrected chi connectivity index (χ0v) is 9.71. The van der Waals surface area contributed by atoms with E-state index < -0.39 is 0 Å². The minimum atomic E-state index is -0.0714. The predicted molar refractivity (Wildman–Crippen MR) is 66.8 cm³/mol. The van der Waals surface area contributed by atoms with Crippen molar-refractivity contribution in [2.45, 2.75) is 13.0 Å². The van der Waals surface area contributed by atoms with Crippen LogP contribution in [0.15, 0.2) is 28.9 Å². The van der Waals surface area contributed by atoms with Crippen LogP contribution in [-0.4, -0.2) is 20.2 Å². The number of aromatic nitrogens is 4. The number of hydrogen-bond acceptors (Lipinski definition) is 6. The largest absolute Gasteiger partial charge is 0.423 e. The number of nitrogens with two attached hydrogens (primary N) is 1. The number of fused-ring (bicyclic) bond motifs is 1. The van der Waals surface area contributed by atoms with Gasteiger partial charge < -0.3 is 15.5 Å². The van der Waals surface area contributed by atoms with Crippen molar-refractivity contribution in [2.24, 2.45) is 0 Å². The van der Waals surface area contributed by atoms with Crippen LogP contribution in [0.5, 0.6) is 0 Å². The summed E-state index contributed by atoms with van der Waals surface area (Å²) < 4.78 is 5.55. The number of aromatic amines is 1. The first-order valence-corrected chi connectivity index (χ1v) is 5.50. The van der Waals surface area contributed by atoms with Crippen LogP contribution >= 0.6 is 0 Å². The van der Waals surface area contributed by atoms with Crippen LogP contribution in [-0.2, 0) is 0 Å². The Labute approximate surface area is 102 Å². The van der Waals surface area contributed by atoms with Crippen molar-refractivity contribution >= 4 is 22.8 Å². The Kier molecular flexibility index (Phi) is 2.36. The third-order valence-corrected chi connectivity index (χ3v) is 2.60. The Bertz CT molecular complexity index is 659. The molecule has 3 aromatic rings. The molecule has 0 fully saturated rings. The third-order valence-electron chi connectivity index (χ3n) is 2.60. The number of hydrogen-bond donors (Lipinski definition) is 3. The molecular weight excluding hydrogens is 232 g/mol. The van der Waals surface area contributed by atoms with E-state index in [1.54, 1.807) is 12.1 Å². The van der Waals surface area contributed by atoms with Gasteiger partial charge in [-0.3, -0.25) is 5.10 Å². The molecule has 3 rings (SSSR count). The second-order valence-corrected chi connectivity index (χ2v) is 3.98. The van der Waals surface area contributed by atoms with E-state index in [0.29, 0.717) is 17.3 Å². The summed E-state index contributed by atoms with van der Waals surface area (Å²) in [7, 11) is 0. The number of rotatable bonds is 3. The molecule has 0 aliphatic heterocycles. The average molecular weight is 244 g/mol. The smallest absolute Gasteiger partial charge is 0.296 e. The van der Waals surface area contributed by atoms with E-state index in [-0.39, 0.29) is 6.04 Å². The van der Waals surface area contributed by atoms with Crippen molar-refractivity contribution in [3.8, 4) is 0 Å². The van der Waals surface area contributed by atoms with E-state index in [0.717, 1.165) is 11.3 Å². The van der Waals surface area contributed by atoms with E-state index in [1.807, 2.05) is 13.0 Å². The number of nitrogen functional groups attached to an aromatic ring is 1. The molecule has 1 aromatic carbocycles. The standard InChI is InChI=1S/C11H12N6O/c1-6(10-13-5-14-17-10)15-11-16-8-3-2-7(12)4-9(8)18-11/h2-6H,12H2,1H3,(H,15,16)(H,13,14,17). The van der Waals surface area contributed by atoms with Gasteiger partial charge in [0.05, 0.1) is 6.04 Å². The van der Waals surface area contributed by atoms with E-state index in [1.165, 1.54) is 6.33 Å². The molecule has 92 valence electrons. The Balaban J connectivity index is 1.86. The first-order chi connectivity index (χ1) is 8.72. The summed E-state index contributed by atoms with van der Waals surface area (Å²) in [5.74, 6) is 0.719. The predicted octanol–water partition coefficient (Wildman–Crippen LogP) is 1.70. The molecule has 0 spiro atoms. The number of anilines is 2. The van der Waals surface area contributed by atoms with E-state index in [4.69, 9.17) is 10.2 Å². The summed E-state index contributed by atoms with van der Waals surface area (Å²) in [5.41, 5.74) is 7.74. The van der Waals surface area contributed by atoms with E-state index in [2.05, 4.69) is 25.5 Å². The first-order valence-electron chi connectivity index (χ1n) is 5.50. The van der Waals surface area contributed by atoms with Crippen molar-refractivity contribution in [2.75, 3.05) is 11.1 Å². The second-order valence-electron chi connectivity index (χ2n) is 3.98. The molecule has 18 heavy (non-hydrogen) atoms. The summed E-state index contributed by atoms with van der Waals surface area (Å²) in [6.07, 6.45) is 1.46. The molecule has 0 aliphatic rings.